The predicted molar refractivity (Wildman–Crippen MR) is 90.6 cm³/mol. The van der Waals surface area contributed by atoms with E-state index in [1.165, 1.54) is 27.8 Å². The lowest BCUT2D eigenvalue weighted by atomic mass is 10.2. The Labute approximate surface area is 129 Å². The number of thioether (sulfide) groups is 2. The van der Waals surface area contributed by atoms with Gasteiger partial charge in [0.15, 0.2) is 0 Å². The number of aromatic nitrogens is 1. The Bertz CT molecular complexity index is 382. The molecular weight excluding hydrogens is 292 g/mol. The van der Waals surface area contributed by atoms with Gasteiger partial charge in [-0.05, 0) is 13.5 Å². The molecular formula is C14H24N2S3. The molecule has 3 unspecified atom stereocenters. The highest BCUT2D eigenvalue weighted by Crippen LogP contribution is 2.45. The molecule has 1 saturated heterocycles. The van der Waals surface area contributed by atoms with Crippen molar-refractivity contribution in [2.24, 2.45) is 0 Å². The van der Waals surface area contributed by atoms with E-state index < -0.39 is 0 Å². The van der Waals surface area contributed by atoms with E-state index in [1.54, 1.807) is 0 Å². The van der Waals surface area contributed by atoms with Crippen LogP contribution in [-0.4, -0.2) is 28.3 Å². The van der Waals surface area contributed by atoms with Crippen LogP contribution in [0.5, 0.6) is 0 Å². The van der Waals surface area contributed by atoms with Crippen LogP contribution in [0.3, 0.4) is 0 Å². The van der Waals surface area contributed by atoms with Crippen molar-refractivity contribution in [1.29, 1.82) is 0 Å². The summed E-state index contributed by atoms with van der Waals surface area (Å²) in [5.41, 5.74) is 1.33. The SMILES string of the molecule is CCCc1nc(C2CSC(C)C(C)S2)sc1CNC. The van der Waals surface area contributed by atoms with Gasteiger partial charge >= 0.3 is 0 Å². The molecule has 19 heavy (non-hydrogen) atoms. The highest BCUT2D eigenvalue weighted by molar-refractivity contribution is 8.07. The van der Waals surface area contributed by atoms with Gasteiger partial charge in [-0.25, -0.2) is 4.98 Å². The van der Waals surface area contributed by atoms with Crippen molar-refractivity contribution in [3.63, 3.8) is 0 Å². The summed E-state index contributed by atoms with van der Waals surface area (Å²) in [6.07, 6.45) is 2.30. The zero-order chi connectivity index (χ0) is 13.8. The molecule has 0 spiro atoms. The molecule has 2 rings (SSSR count). The number of hydrogen-bond donors (Lipinski definition) is 1. The van der Waals surface area contributed by atoms with Crippen LogP contribution in [0, 0.1) is 0 Å². The number of rotatable bonds is 5. The van der Waals surface area contributed by atoms with Crippen LogP contribution in [0.2, 0.25) is 0 Å². The normalized spacial score (nSPS) is 27.7. The van der Waals surface area contributed by atoms with Gasteiger partial charge in [-0.3, -0.25) is 0 Å². The lowest BCUT2D eigenvalue weighted by Crippen LogP contribution is -2.21. The molecule has 1 aliphatic rings. The number of nitrogens with zero attached hydrogens (tertiary/aromatic N) is 1. The van der Waals surface area contributed by atoms with E-state index >= 15 is 0 Å². The molecule has 0 radical (unpaired) electrons. The molecule has 2 nitrogen and oxygen atoms in total. The molecule has 1 fully saturated rings. The van der Waals surface area contributed by atoms with Crippen molar-refractivity contribution in [2.45, 2.75) is 55.9 Å². The largest absolute Gasteiger partial charge is 0.315 e. The van der Waals surface area contributed by atoms with E-state index in [0.29, 0.717) is 5.25 Å². The fourth-order valence-electron chi connectivity index (χ4n) is 2.19. The Hall–Kier alpha value is 0.290. The first kappa shape index (κ1) is 15.7. The summed E-state index contributed by atoms with van der Waals surface area (Å²) in [5.74, 6) is 1.22. The zero-order valence-electron chi connectivity index (χ0n) is 12.2. The highest BCUT2D eigenvalue weighted by atomic mass is 32.2. The van der Waals surface area contributed by atoms with E-state index in [4.69, 9.17) is 4.98 Å². The summed E-state index contributed by atoms with van der Waals surface area (Å²) >= 11 is 6.14. The van der Waals surface area contributed by atoms with Crippen molar-refractivity contribution in [1.82, 2.24) is 10.3 Å². The third-order valence-electron chi connectivity index (χ3n) is 3.44. The molecule has 0 saturated carbocycles. The second-order valence-electron chi connectivity index (χ2n) is 5.07. The fraction of sp³-hybridized carbons (Fsp3) is 0.786. The first-order valence-corrected chi connectivity index (χ1v) is 9.86. The van der Waals surface area contributed by atoms with Crippen LogP contribution in [0.4, 0.5) is 0 Å². The number of thiazole rings is 1. The molecule has 0 amide bonds. The standard InChI is InChI=1S/C14H24N2S3/c1-5-6-11-12(7-15-4)19-14(16-11)13-8-17-9(2)10(3)18-13/h9-10,13,15H,5-8H2,1-4H3. The third kappa shape index (κ3) is 3.90. The van der Waals surface area contributed by atoms with E-state index in [2.05, 4.69) is 49.6 Å². The van der Waals surface area contributed by atoms with Gasteiger partial charge in [0.05, 0.1) is 10.9 Å². The van der Waals surface area contributed by atoms with Crippen molar-refractivity contribution < 1.29 is 0 Å². The molecule has 1 aliphatic heterocycles. The molecule has 1 aromatic heterocycles. The average Bonchev–Trinajstić information content (AvgIpc) is 2.77. The van der Waals surface area contributed by atoms with Crippen LogP contribution < -0.4 is 5.32 Å². The van der Waals surface area contributed by atoms with Crippen molar-refractivity contribution in [2.75, 3.05) is 12.8 Å². The Morgan fingerprint density at radius 3 is 2.74 bits per heavy atom. The summed E-state index contributed by atoms with van der Waals surface area (Å²) in [4.78, 5) is 6.39. The number of nitrogens with one attached hydrogen (secondary N) is 1. The van der Waals surface area contributed by atoms with Gasteiger partial charge in [-0.1, -0.05) is 27.2 Å². The van der Waals surface area contributed by atoms with Gasteiger partial charge < -0.3 is 5.32 Å². The van der Waals surface area contributed by atoms with Gasteiger partial charge in [0.25, 0.3) is 0 Å². The van der Waals surface area contributed by atoms with Gasteiger partial charge in [0.2, 0.25) is 0 Å². The Morgan fingerprint density at radius 1 is 1.32 bits per heavy atom. The summed E-state index contributed by atoms with van der Waals surface area (Å²) in [6.45, 7) is 7.89. The third-order valence-corrected chi connectivity index (χ3v) is 8.20. The Morgan fingerprint density at radius 2 is 2.11 bits per heavy atom. The van der Waals surface area contributed by atoms with Gasteiger partial charge in [0, 0.05) is 27.7 Å². The smallest absolute Gasteiger partial charge is 0.107 e. The molecule has 108 valence electrons. The maximum Gasteiger partial charge on any atom is 0.107 e. The molecule has 0 bridgehead atoms. The highest BCUT2D eigenvalue weighted by Gasteiger charge is 2.29. The van der Waals surface area contributed by atoms with Crippen LogP contribution in [-0.2, 0) is 13.0 Å². The van der Waals surface area contributed by atoms with E-state index in [9.17, 15) is 0 Å². The molecule has 3 atom stereocenters. The van der Waals surface area contributed by atoms with Gasteiger partial charge in [0.1, 0.15) is 5.01 Å². The van der Waals surface area contributed by atoms with Gasteiger partial charge in [-0.2, -0.15) is 11.8 Å². The molecule has 0 aromatic carbocycles. The first-order valence-electron chi connectivity index (χ1n) is 7.05. The Kier molecular flexibility index (Phi) is 6.06. The van der Waals surface area contributed by atoms with E-state index in [-0.39, 0.29) is 0 Å². The number of hydrogen-bond acceptors (Lipinski definition) is 5. The van der Waals surface area contributed by atoms with E-state index in [1.807, 2.05) is 18.4 Å². The summed E-state index contributed by atoms with van der Waals surface area (Å²) in [6, 6.07) is 0. The lowest BCUT2D eigenvalue weighted by Gasteiger charge is -2.30. The minimum Gasteiger partial charge on any atom is -0.315 e. The summed E-state index contributed by atoms with van der Waals surface area (Å²) in [5, 5.41) is 6.73. The predicted octanol–water partition coefficient (Wildman–Crippen LogP) is 4.11. The minimum atomic E-state index is 0.599. The van der Waals surface area contributed by atoms with Crippen LogP contribution in [0.25, 0.3) is 0 Å². The van der Waals surface area contributed by atoms with Crippen molar-refractivity contribution in [3.05, 3.63) is 15.6 Å². The second-order valence-corrected chi connectivity index (χ2v) is 9.18. The Balaban J connectivity index is 2.13. The lowest BCUT2D eigenvalue weighted by molar-refractivity contribution is 0.795. The summed E-state index contributed by atoms with van der Waals surface area (Å²) in [7, 11) is 2.02. The van der Waals surface area contributed by atoms with Crippen molar-refractivity contribution >= 4 is 34.9 Å². The average molecular weight is 317 g/mol. The minimum absolute atomic E-state index is 0.599. The molecule has 5 heteroatoms. The van der Waals surface area contributed by atoms with Crippen LogP contribution in [0.15, 0.2) is 0 Å². The first-order chi connectivity index (χ1) is 9.15. The quantitative estimate of drug-likeness (QED) is 0.883. The zero-order valence-corrected chi connectivity index (χ0v) is 14.7. The van der Waals surface area contributed by atoms with Crippen molar-refractivity contribution in [3.8, 4) is 0 Å². The maximum atomic E-state index is 4.95. The molecule has 1 N–H and O–H groups in total. The van der Waals surface area contributed by atoms with Gasteiger partial charge in [-0.15, -0.1) is 23.1 Å². The fourth-order valence-corrected chi connectivity index (χ4v) is 6.50. The van der Waals surface area contributed by atoms with E-state index in [0.717, 1.165) is 23.5 Å². The molecule has 1 aromatic rings. The monoisotopic (exact) mass is 316 g/mol. The van der Waals surface area contributed by atoms with Crippen LogP contribution >= 0.6 is 34.9 Å². The maximum absolute atomic E-state index is 4.95. The summed E-state index contributed by atoms with van der Waals surface area (Å²) < 4.78 is 0. The second kappa shape index (κ2) is 7.34. The molecule has 0 aliphatic carbocycles. The molecule has 2 heterocycles. The van der Waals surface area contributed by atoms with Crippen LogP contribution in [0.1, 0.15) is 48.0 Å². The topological polar surface area (TPSA) is 24.9 Å². The number of aryl methyl sites for hydroxylation is 1.